The van der Waals surface area contributed by atoms with Crippen molar-refractivity contribution in [3.63, 3.8) is 0 Å². The van der Waals surface area contributed by atoms with Gasteiger partial charge in [0.1, 0.15) is 13.6 Å². The molecule has 1 heterocycles. The number of rotatable bonds is 4. The summed E-state index contributed by atoms with van der Waals surface area (Å²) in [6.07, 6.45) is 0.0545. The second-order valence-corrected chi connectivity index (χ2v) is 6.21. The molecule has 3 rings (SSSR count). The van der Waals surface area contributed by atoms with Crippen LogP contribution < -0.4 is 15.9 Å². The quantitative estimate of drug-likeness (QED) is 0.583. The van der Waals surface area contributed by atoms with Gasteiger partial charge < -0.3 is 15.0 Å². The summed E-state index contributed by atoms with van der Waals surface area (Å²) in [6, 6.07) is 11.0. The van der Waals surface area contributed by atoms with E-state index in [1.54, 1.807) is 12.1 Å². The van der Waals surface area contributed by atoms with Crippen LogP contribution in [0.15, 0.2) is 40.9 Å². The Morgan fingerprint density at radius 3 is 2.58 bits per heavy atom. The minimum atomic E-state index is 0.0545. The summed E-state index contributed by atoms with van der Waals surface area (Å²) in [5, 5.41) is 4.54. The SMILES string of the molecule is Bc1cc(-c2nc(-c3ccc(OC(C)C)c(Cl)c3)no2)ccc1N. The fourth-order valence-electron chi connectivity index (χ4n) is 2.26. The number of hydrogen-bond acceptors (Lipinski definition) is 5. The number of nitrogens with zero attached hydrogens (tertiary/aromatic N) is 2. The Bertz CT molecular complexity index is 880. The van der Waals surface area contributed by atoms with Crippen LogP contribution >= 0.6 is 11.6 Å². The third-order valence-corrected chi connectivity index (χ3v) is 3.79. The van der Waals surface area contributed by atoms with E-state index in [2.05, 4.69) is 10.1 Å². The van der Waals surface area contributed by atoms with Crippen molar-refractivity contribution >= 4 is 30.6 Å². The van der Waals surface area contributed by atoms with Crippen LogP contribution in [0.1, 0.15) is 13.8 Å². The van der Waals surface area contributed by atoms with Crippen molar-refractivity contribution in [3.8, 4) is 28.6 Å². The molecule has 0 fully saturated rings. The van der Waals surface area contributed by atoms with Gasteiger partial charge in [-0.05, 0) is 44.2 Å². The van der Waals surface area contributed by atoms with Crippen molar-refractivity contribution in [1.82, 2.24) is 10.1 Å². The molecule has 0 saturated heterocycles. The lowest BCUT2D eigenvalue weighted by Gasteiger charge is -2.11. The summed E-state index contributed by atoms with van der Waals surface area (Å²) in [5.41, 5.74) is 9.11. The summed E-state index contributed by atoms with van der Waals surface area (Å²) in [6.45, 7) is 3.90. The number of ether oxygens (including phenoxy) is 1. The maximum Gasteiger partial charge on any atom is 0.258 e. The molecule has 0 spiro atoms. The van der Waals surface area contributed by atoms with E-state index < -0.39 is 0 Å². The molecule has 0 radical (unpaired) electrons. The Hall–Kier alpha value is -2.47. The average molecular weight is 342 g/mol. The van der Waals surface area contributed by atoms with Crippen LogP contribution in [-0.4, -0.2) is 24.1 Å². The zero-order valence-electron chi connectivity index (χ0n) is 13.7. The van der Waals surface area contributed by atoms with E-state index in [0.29, 0.717) is 22.5 Å². The van der Waals surface area contributed by atoms with Gasteiger partial charge in [-0.15, -0.1) is 0 Å². The van der Waals surface area contributed by atoms with Crippen molar-refractivity contribution in [2.75, 3.05) is 5.73 Å². The van der Waals surface area contributed by atoms with Crippen LogP contribution in [0.2, 0.25) is 5.02 Å². The average Bonchev–Trinajstić information content (AvgIpc) is 3.01. The highest BCUT2D eigenvalue weighted by atomic mass is 35.5. The first-order chi connectivity index (χ1) is 11.4. The molecule has 5 nitrogen and oxygen atoms in total. The highest BCUT2D eigenvalue weighted by molar-refractivity contribution is 6.36. The molecule has 0 amide bonds. The van der Waals surface area contributed by atoms with E-state index in [1.807, 2.05) is 46.0 Å². The number of nitrogen functional groups attached to an aromatic ring is 1. The van der Waals surface area contributed by atoms with Gasteiger partial charge in [0.15, 0.2) is 0 Å². The van der Waals surface area contributed by atoms with E-state index in [1.165, 1.54) is 0 Å². The Morgan fingerprint density at radius 2 is 1.92 bits per heavy atom. The predicted octanol–water partition coefficient (Wildman–Crippen LogP) is 2.68. The maximum absolute atomic E-state index is 6.26. The molecular weight excluding hydrogens is 324 g/mol. The lowest BCUT2D eigenvalue weighted by Crippen LogP contribution is -2.09. The molecular formula is C17H17BClN3O2. The van der Waals surface area contributed by atoms with Gasteiger partial charge in [0, 0.05) is 16.8 Å². The third kappa shape index (κ3) is 3.38. The van der Waals surface area contributed by atoms with Crippen LogP contribution in [0.5, 0.6) is 5.75 Å². The second-order valence-electron chi connectivity index (χ2n) is 5.81. The summed E-state index contributed by atoms with van der Waals surface area (Å²) < 4.78 is 11.0. The first-order valence-corrected chi connectivity index (χ1v) is 7.98. The van der Waals surface area contributed by atoms with Gasteiger partial charge in [-0.1, -0.05) is 28.3 Å². The van der Waals surface area contributed by atoms with Crippen molar-refractivity contribution in [2.24, 2.45) is 0 Å². The van der Waals surface area contributed by atoms with Crippen molar-refractivity contribution in [1.29, 1.82) is 0 Å². The molecule has 0 aliphatic rings. The molecule has 0 saturated carbocycles. The van der Waals surface area contributed by atoms with E-state index in [4.69, 9.17) is 26.6 Å². The molecule has 24 heavy (non-hydrogen) atoms. The number of anilines is 1. The first kappa shape index (κ1) is 16.4. The number of hydrogen-bond donors (Lipinski definition) is 1. The van der Waals surface area contributed by atoms with Gasteiger partial charge in [0.05, 0.1) is 11.1 Å². The topological polar surface area (TPSA) is 74.2 Å². The highest BCUT2D eigenvalue weighted by Crippen LogP contribution is 2.30. The molecule has 0 bridgehead atoms. The smallest absolute Gasteiger partial charge is 0.258 e. The second kappa shape index (κ2) is 6.57. The number of aromatic nitrogens is 2. The molecule has 3 aromatic rings. The maximum atomic E-state index is 6.26. The molecule has 7 heteroatoms. The minimum Gasteiger partial charge on any atom is -0.489 e. The van der Waals surface area contributed by atoms with Gasteiger partial charge in [0.2, 0.25) is 5.82 Å². The predicted molar refractivity (Wildman–Crippen MR) is 98.5 cm³/mol. The van der Waals surface area contributed by atoms with Crippen LogP contribution in [0, 0.1) is 0 Å². The molecule has 0 unspecified atom stereocenters. The van der Waals surface area contributed by atoms with Gasteiger partial charge >= 0.3 is 0 Å². The zero-order valence-corrected chi connectivity index (χ0v) is 14.5. The molecule has 0 aliphatic heterocycles. The van der Waals surface area contributed by atoms with Gasteiger partial charge in [-0.25, -0.2) is 0 Å². The molecule has 2 N–H and O–H groups in total. The Morgan fingerprint density at radius 1 is 1.17 bits per heavy atom. The van der Waals surface area contributed by atoms with Gasteiger partial charge in [-0.3, -0.25) is 0 Å². The van der Waals surface area contributed by atoms with Crippen molar-refractivity contribution < 1.29 is 9.26 Å². The fraction of sp³-hybridized carbons (Fsp3) is 0.176. The van der Waals surface area contributed by atoms with Gasteiger partial charge in [-0.2, -0.15) is 4.98 Å². The van der Waals surface area contributed by atoms with Crippen LogP contribution in [0.25, 0.3) is 22.8 Å². The van der Waals surface area contributed by atoms with Crippen molar-refractivity contribution in [2.45, 2.75) is 20.0 Å². The largest absolute Gasteiger partial charge is 0.489 e. The minimum absolute atomic E-state index is 0.0545. The van der Waals surface area contributed by atoms with Crippen LogP contribution in [-0.2, 0) is 0 Å². The monoisotopic (exact) mass is 341 g/mol. The molecule has 0 atom stereocenters. The van der Waals surface area contributed by atoms with E-state index in [0.717, 1.165) is 22.3 Å². The summed E-state index contributed by atoms with van der Waals surface area (Å²) in [7, 11) is 1.93. The first-order valence-electron chi connectivity index (χ1n) is 7.61. The summed E-state index contributed by atoms with van der Waals surface area (Å²) in [5.74, 6) is 1.54. The number of benzene rings is 2. The summed E-state index contributed by atoms with van der Waals surface area (Å²) >= 11 is 6.26. The van der Waals surface area contributed by atoms with Crippen LogP contribution in [0.3, 0.4) is 0 Å². The highest BCUT2D eigenvalue weighted by Gasteiger charge is 2.13. The Balaban J connectivity index is 1.90. The van der Waals surface area contributed by atoms with E-state index in [-0.39, 0.29) is 6.10 Å². The van der Waals surface area contributed by atoms with Crippen LogP contribution in [0.4, 0.5) is 5.69 Å². The lowest BCUT2D eigenvalue weighted by molar-refractivity contribution is 0.242. The van der Waals surface area contributed by atoms with E-state index >= 15 is 0 Å². The zero-order chi connectivity index (χ0) is 17.3. The molecule has 1 aromatic heterocycles. The summed E-state index contributed by atoms with van der Waals surface area (Å²) in [4.78, 5) is 4.44. The standard InChI is InChI=1S/C17H17BClN3O2/c1-9(2)23-15-6-4-10(8-13(15)19)16-21-17(24-22-16)11-3-5-14(20)12(18)7-11/h3-9H,18,20H2,1-2H3. The number of halogens is 1. The van der Waals surface area contributed by atoms with E-state index in [9.17, 15) is 0 Å². The molecule has 2 aromatic carbocycles. The van der Waals surface area contributed by atoms with Crippen molar-refractivity contribution in [3.05, 3.63) is 41.4 Å². The van der Waals surface area contributed by atoms with Gasteiger partial charge in [0.25, 0.3) is 5.89 Å². The lowest BCUT2D eigenvalue weighted by atomic mass is 9.92. The molecule has 122 valence electrons. The Labute approximate surface area is 146 Å². The normalized spacial score (nSPS) is 11.0. The third-order valence-electron chi connectivity index (χ3n) is 3.50. The molecule has 0 aliphatic carbocycles. The number of nitrogens with two attached hydrogens (primary N) is 1. The Kier molecular flexibility index (Phi) is 4.49. The fourth-order valence-corrected chi connectivity index (χ4v) is 2.48.